The number of fused-ring (bicyclic) bond motifs is 1. The molecule has 2 amide bonds. The number of halogens is 1. The summed E-state index contributed by atoms with van der Waals surface area (Å²) in [5.74, 6) is 0.815. The number of aliphatic hydroxyl groups excluding tert-OH is 1. The number of hydrogen-bond acceptors (Lipinski definition) is 7. The maximum absolute atomic E-state index is 12.7. The molecule has 4 N–H and O–H groups in total. The number of ether oxygens (including phenoxy) is 1. The molecule has 5 rings (SSSR count). The molecule has 0 radical (unpaired) electrons. The van der Waals surface area contributed by atoms with Gasteiger partial charge in [-0.15, -0.1) is 0 Å². The first-order chi connectivity index (χ1) is 19.8. The van der Waals surface area contributed by atoms with E-state index in [1.807, 2.05) is 29.0 Å². The number of pyridine rings is 1. The van der Waals surface area contributed by atoms with Crippen molar-refractivity contribution in [3.05, 3.63) is 107 Å². The highest BCUT2D eigenvalue weighted by Gasteiger charge is 2.21. The van der Waals surface area contributed by atoms with Gasteiger partial charge in [-0.2, -0.15) is 0 Å². The Hall–Kier alpha value is -3.96. The molecule has 0 bridgehead atoms. The Bertz CT molecular complexity index is 1600. The van der Waals surface area contributed by atoms with E-state index in [9.17, 15) is 18.3 Å². The molecule has 0 spiro atoms. The lowest BCUT2D eigenvalue weighted by atomic mass is 9.97. The Labute approximate surface area is 243 Å². The third-order valence-electron chi connectivity index (χ3n) is 6.70. The molecule has 0 aliphatic carbocycles. The van der Waals surface area contributed by atoms with E-state index >= 15 is 0 Å². The normalized spacial score (nSPS) is 15.3. The molecule has 1 aromatic heterocycles. The van der Waals surface area contributed by atoms with Crippen LogP contribution in [-0.2, 0) is 16.4 Å². The van der Waals surface area contributed by atoms with Crippen LogP contribution >= 0.6 is 11.6 Å². The summed E-state index contributed by atoms with van der Waals surface area (Å²) in [5.41, 5.74) is 4.03. The minimum atomic E-state index is -4.07. The number of aryl methyl sites for hydroxylation is 1. The minimum Gasteiger partial charge on any atom is -0.489 e. The summed E-state index contributed by atoms with van der Waals surface area (Å²) in [7, 11) is -4.07. The highest BCUT2D eigenvalue weighted by molar-refractivity contribution is 7.90. The van der Waals surface area contributed by atoms with Crippen LogP contribution in [0.25, 0.3) is 11.1 Å². The van der Waals surface area contributed by atoms with Crippen molar-refractivity contribution in [1.29, 1.82) is 0 Å². The van der Waals surface area contributed by atoms with Crippen molar-refractivity contribution in [2.45, 2.75) is 29.9 Å². The van der Waals surface area contributed by atoms with Gasteiger partial charge in [-0.3, -0.25) is 4.98 Å². The number of anilines is 1. The van der Waals surface area contributed by atoms with E-state index in [-0.39, 0.29) is 11.0 Å². The number of aromatic nitrogens is 1. The highest BCUT2D eigenvalue weighted by Crippen LogP contribution is 2.32. The molecule has 2 heterocycles. The van der Waals surface area contributed by atoms with Crippen molar-refractivity contribution in [3.63, 3.8) is 0 Å². The Kier molecular flexibility index (Phi) is 8.84. The van der Waals surface area contributed by atoms with Gasteiger partial charge in [0, 0.05) is 41.8 Å². The van der Waals surface area contributed by atoms with E-state index in [0.29, 0.717) is 23.8 Å². The average Bonchev–Trinajstić information content (AvgIpc) is 2.98. The number of sulfonamides is 1. The van der Waals surface area contributed by atoms with Gasteiger partial charge >= 0.3 is 6.03 Å². The predicted molar refractivity (Wildman–Crippen MR) is 157 cm³/mol. The fourth-order valence-corrected chi connectivity index (χ4v) is 5.57. The van der Waals surface area contributed by atoms with Gasteiger partial charge in [0.05, 0.1) is 11.0 Å². The van der Waals surface area contributed by atoms with Crippen LogP contribution in [0.2, 0.25) is 5.02 Å². The number of carbonyl (C=O) groups is 1. The molecule has 0 unspecified atom stereocenters. The van der Waals surface area contributed by atoms with E-state index in [0.717, 1.165) is 40.8 Å². The topological polar surface area (TPSA) is 130 Å². The molecule has 0 fully saturated rings. The zero-order chi connectivity index (χ0) is 28.8. The Morgan fingerprint density at radius 1 is 1.05 bits per heavy atom. The Balaban J connectivity index is 1.16. The molecule has 11 heteroatoms. The van der Waals surface area contributed by atoms with Crippen molar-refractivity contribution in [3.8, 4) is 16.9 Å². The van der Waals surface area contributed by atoms with Crippen LogP contribution in [-0.4, -0.2) is 43.7 Å². The second-order valence-electron chi connectivity index (χ2n) is 9.65. The molecule has 1 aliphatic heterocycles. The van der Waals surface area contributed by atoms with Crippen LogP contribution in [0.5, 0.6) is 5.75 Å². The Morgan fingerprint density at radius 3 is 2.54 bits per heavy atom. The standard InChI is InChI=1S/C30H29ClN4O5S/c31-24-7-9-25(10-8-24)34-30(37)35-41(38,39)27-12-4-20(5-13-27)21-6-14-29-22(16-21)3-11-26(40-29)18-33-19-28(36)23-2-1-15-32-17-23/h1-2,4-10,12-17,26,28,33,36H,3,11,18-19H2,(H2,34,35,37)/t26-,28+/m1/s1. The number of benzene rings is 3. The van der Waals surface area contributed by atoms with Gasteiger partial charge in [0.2, 0.25) is 0 Å². The van der Waals surface area contributed by atoms with Crippen molar-refractivity contribution < 1.29 is 23.1 Å². The zero-order valence-electron chi connectivity index (χ0n) is 22.0. The van der Waals surface area contributed by atoms with Crippen LogP contribution in [0.1, 0.15) is 23.7 Å². The van der Waals surface area contributed by atoms with E-state index < -0.39 is 22.2 Å². The fraction of sp³-hybridized carbons (Fsp3) is 0.200. The lowest BCUT2D eigenvalue weighted by Crippen LogP contribution is -2.36. The summed E-state index contributed by atoms with van der Waals surface area (Å²) < 4.78 is 33.6. The third-order valence-corrected chi connectivity index (χ3v) is 8.29. The molecule has 212 valence electrons. The fourth-order valence-electron chi connectivity index (χ4n) is 4.54. The molecule has 2 atom stereocenters. The van der Waals surface area contributed by atoms with Crippen molar-refractivity contribution >= 4 is 33.3 Å². The molecule has 0 saturated heterocycles. The van der Waals surface area contributed by atoms with E-state index in [4.69, 9.17) is 16.3 Å². The predicted octanol–water partition coefficient (Wildman–Crippen LogP) is 4.93. The minimum absolute atomic E-state index is 0.0108. The molecule has 4 aromatic rings. The lowest BCUT2D eigenvalue weighted by molar-refractivity contribution is 0.146. The molecular formula is C30H29ClN4O5S. The second-order valence-corrected chi connectivity index (χ2v) is 11.8. The molecule has 41 heavy (non-hydrogen) atoms. The molecule has 3 aromatic carbocycles. The second kappa shape index (κ2) is 12.7. The first-order valence-electron chi connectivity index (χ1n) is 13.0. The largest absolute Gasteiger partial charge is 0.489 e. The van der Waals surface area contributed by atoms with Crippen LogP contribution in [0.3, 0.4) is 0 Å². The van der Waals surface area contributed by atoms with E-state index in [1.165, 1.54) is 12.1 Å². The molecule has 1 aliphatic rings. The lowest BCUT2D eigenvalue weighted by Gasteiger charge is -2.27. The molecule has 9 nitrogen and oxygen atoms in total. The van der Waals surface area contributed by atoms with Crippen LogP contribution < -0.4 is 20.1 Å². The third kappa shape index (κ3) is 7.42. The van der Waals surface area contributed by atoms with Crippen molar-refractivity contribution in [2.75, 3.05) is 18.4 Å². The van der Waals surface area contributed by atoms with Crippen molar-refractivity contribution in [1.82, 2.24) is 15.0 Å². The summed E-state index contributed by atoms with van der Waals surface area (Å²) in [4.78, 5) is 16.2. The highest BCUT2D eigenvalue weighted by atomic mass is 35.5. The van der Waals surface area contributed by atoms with E-state index in [2.05, 4.69) is 15.6 Å². The monoisotopic (exact) mass is 592 g/mol. The van der Waals surface area contributed by atoms with Crippen molar-refractivity contribution in [2.24, 2.45) is 0 Å². The van der Waals surface area contributed by atoms with Gasteiger partial charge in [-0.05, 0) is 84.1 Å². The number of urea groups is 1. The number of carbonyl (C=O) groups excluding carboxylic acids is 1. The summed E-state index contributed by atoms with van der Waals surface area (Å²) in [5, 5.41) is 16.6. The quantitative estimate of drug-likeness (QED) is 0.217. The average molecular weight is 593 g/mol. The Morgan fingerprint density at radius 2 is 1.80 bits per heavy atom. The number of rotatable bonds is 9. The van der Waals surface area contributed by atoms with Gasteiger partial charge in [-0.25, -0.2) is 17.9 Å². The van der Waals surface area contributed by atoms with Crippen LogP contribution in [0.4, 0.5) is 10.5 Å². The van der Waals surface area contributed by atoms with Gasteiger partial charge in [-0.1, -0.05) is 35.9 Å². The first-order valence-corrected chi connectivity index (χ1v) is 14.9. The van der Waals surface area contributed by atoms with Crippen LogP contribution in [0.15, 0.2) is 96.2 Å². The zero-order valence-corrected chi connectivity index (χ0v) is 23.5. The van der Waals surface area contributed by atoms with Crippen LogP contribution in [0, 0.1) is 0 Å². The van der Waals surface area contributed by atoms with Gasteiger partial charge < -0.3 is 20.5 Å². The summed E-state index contributed by atoms with van der Waals surface area (Å²) in [6, 6.07) is 21.3. The number of hydrogen-bond donors (Lipinski definition) is 4. The summed E-state index contributed by atoms with van der Waals surface area (Å²) in [6.07, 6.45) is 4.35. The number of nitrogens with one attached hydrogen (secondary N) is 3. The number of nitrogens with zero attached hydrogens (tertiary/aromatic N) is 1. The van der Waals surface area contributed by atoms with E-state index in [1.54, 1.807) is 54.9 Å². The number of amides is 2. The first kappa shape index (κ1) is 28.6. The summed E-state index contributed by atoms with van der Waals surface area (Å²) >= 11 is 5.83. The van der Waals surface area contributed by atoms with Gasteiger partial charge in [0.25, 0.3) is 10.0 Å². The summed E-state index contributed by atoms with van der Waals surface area (Å²) in [6.45, 7) is 1.02. The number of aliphatic hydroxyl groups is 1. The SMILES string of the molecule is O=C(Nc1ccc(Cl)cc1)NS(=O)(=O)c1ccc(-c2ccc3c(c2)CC[C@H](CNC[C@H](O)c2cccnc2)O3)cc1. The van der Waals surface area contributed by atoms with Gasteiger partial charge in [0.1, 0.15) is 11.9 Å². The maximum atomic E-state index is 12.7. The van der Waals surface area contributed by atoms with Gasteiger partial charge in [0.15, 0.2) is 0 Å². The molecule has 0 saturated carbocycles. The smallest absolute Gasteiger partial charge is 0.333 e. The molecular weight excluding hydrogens is 564 g/mol. The maximum Gasteiger partial charge on any atom is 0.333 e.